The molecule has 4 rings (SSSR count). The van der Waals surface area contributed by atoms with E-state index in [4.69, 9.17) is 4.74 Å². The summed E-state index contributed by atoms with van der Waals surface area (Å²) in [5.74, 6) is 2.00. The van der Waals surface area contributed by atoms with Gasteiger partial charge in [-0.1, -0.05) is 54.5 Å². The van der Waals surface area contributed by atoms with E-state index in [-0.39, 0.29) is 16.8 Å². The zero-order valence-corrected chi connectivity index (χ0v) is 23.1. The Morgan fingerprint density at radius 2 is 1.48 bits per heavy atom. The normalized spacial score (nSPS) is 51.0. The standard InChI is InChI=1S/C31H52O2/c1-10-27(4)14-13-23-29(6,22(27)11-12-25(32)33-9)18-20-31(8)24-21-26(2,3)15-16-28(24,5)17-19-30(23,31)7/h10,22-24H,1,11-21H2,2-9H3/t22-,23+,24-,27-,28-,29+,30-,31+/m1/s1. The molecule has 0 bridgehead atoms. The van der Waals surface area contributed by atoms with Crippen LogP contribution in [0.2, 0.25) is 0 Å². The summed E-state index contributed by atoms with van der Waals surface area (Å²) in [6.07, 6.45) is 15.8. The lowest BCUT2D eigenvalue weighted by atomic mass is 9.31. The molecule has 4 fully saturated rings. The van der Waals surface area contributed by atoms with Gasteiger partial charge >= 0.3 is 5.97 Å². The minimum Gasteiger partial charge on any atom is -0.469 e. The molecule has 0 heterocycles. The van der Waals surface area contributed by atoms with Crippen LogP contribution in [0.3, 0.4) is 0 Å². The van der Waals surface area contributed by atoms with Gasteiger partial charge in [0, 0.05) is 6.42 Å². The van der Waals surface area contributed by atoms with Crippen molar-refractivity contribution in [3.63, 3.8) is 0 Å². The Kier molecular flexibility index (Phi) is 6.03. The maximum atomic E-state index is 12.2. The summed E-state index contributed by atoms with van der Waals surface area (Å²) in [6.45, 7) is 22.4. The second-order valence-electron chi connectivity index (χ2n) is 14.9. The van der Waals surface area contributed by atoms with Crippen LogP contribution in [-0.4, -0.2) is 13.1 Å². The van der Waals surface area contributed by atoms with E-state index >= 15 is 0 Å². The van der Waals surface area contributed by atoms with E-state index in [1.807, 2.05) is 0 Å². The van der Waals surface area contributed by atoms with Crippen LogP contribution in [-0.2, 0) is 9.53 Å². The number of rotatable bonds is 4. The lowest BCUT2D eigenvalue weighted by Crippen LogP contribution is -2.66. The average Bonchev–Trinajstić information content (AvgIpc) is 2.76. The highest BCUT2D eigenvalue weighted by molar-refractivity contribution is 5.69. The monoisotopic (exact) mass is 456 g/mol. The predicted molar refractivity (Wildman–Crippen MR) is 138 cm³/mol. The van der Waals surface area contributed by atoms with E-state index in [9.17, 15) is 4.79 Å². The fourth-order valence-electron chi connectivity index (χ4n) is 10.4. The Balaban J connectivity index is 1.73. The van der Waals surface area contributed by atoms with Crippen molar-refractivity contribution in [2.75, 3.05) is 7.11 Å². The van der Waals surface area contributed by atoms with Gasteiger partial charge in [-0.3, -0.25) is 4.79 Å². The quantitative estimate of drug-likeness (QED) is 0.313. The van der Waals surface area contributed by atoms with Crippen molar-refractivity contribution in [2.45, 2.75) is 119 Å². The van der Waals surface area contributed by atoms with Crippen molar-refractivity contribution in [1.82, 2.24) is 0 Å². The van der Waals surface area contributed by atoms with Gasteiger partial charge in [-0.15, -0.1) is 6.58 Å². The van der Waals surface area contributed by atoms with E-state index in [0.717, 1.165) is 18.3 Å². The summed E-state index contributed by atoms with van der Waals surface area (Å²) >= 11 is 0. The smallest absolute Gasteiger partial charge is 0.305 e. The van der Waals surface area contributed by atoms with Crippen molar-refractivity contribution in [3.05, 3.63) is 12.7 Å². The van der Waals surface area contributed by atoms with Gasteiger partial charge in [0.2, 0.25) is 0 Å². The van der Waals surface area contributed by atoms with Crippen molar-refractivity contribution >= 4 is 5.97 Å². The van der Waals surface area contributed by atoms with Crippen LogP contribution in [0.1, 0.15) is 119 Å². The van der Waals surface area contributed by atoms with E-state index < -0.39 is 0 Å². The highest BCUT2D eigenvalue weighted by Gasteiger charge is 2.69. The molecule has 0 aromatic heterocycles. The van der Waals surface area contributed by atoms with E-state index in [0.29, 0.717) is 34.0 Å². The van der Waals surface area contributed by atoms with Gasteiger partial charge in [-0.2, -0.15) is 0 Å². The SMILES string of the molecule is C=C[C@]1(C)CC[C@H]2[C@@](C)(CC[C@@]3(C)[C@@H]4CC(C)(C)CC[C@]4(C)CC[C@]23C)[C@@H]1CCC(=O)OC. The molecule has 188 valence electrons. The van der Waals surface area contributed by atoms with Crippen molar-refractivity contribution in [3.8, 4) is 0 Å². The lowest BCUT2D eigenvalue weighted by Gasteiger charge is -2.74. The molecule has 0 unspecified atom stereocenters. The van der Waals surface area contributed by atoms with Gasteiger partial charge < -0.3 is 4.74 Å². The maximum absolute atomic E-state index is 12.2. The fraction of sp³-hybridized carbons (Fsp3) is 0.903. The highest BCUT2D eigenvalue weighted by Crippen LogP contribution is 2.77. The van der Waals surface area contributed by atoms with Crippen molar-refractivity contribution in [1.29, 1.82) is 0 Å². The van der Waals surface area contributed by atoms with Gasteiger partial charge in [0.15, 0.2) is 0 Å². The largest absolute Gasteiger partial charge is 0.469 e. The molecule has 8 atom stereocenters. The number of fused-ring (bicyclic) bond motifs is 5. The number of hydrogen-bond acceptors (Lipinski definition) is 2. The number of allylic oxidation sites excluding steroid dienone is 1. The molecule has 0 aromatic carbocycles. The number of hydrogen-bond donors (Lipinski definition) is 0. The number of carbonyl (C=O) groups excluding carboxylic acids is 1. The molecule has 4 saturated carbocycles. The Hall–Kier alpha value is -0.790. The summed E-state index contributed by atoms with van der Waals surface area (Å²) in [7, 11) is 1.53. The minimum atomic E-state index is -0.0585. The molecule has 0 aromatic rings. The molecule has 0 radical (unpaired) electrons. The third-order valence-corrected chi connectivity index (χ3v) is 12.9. The van der Waals surface area contributed by atoms with E-state index in [1.165, 1.54) is 64.9 Å². The molecule has 0 spiro atoms. The first-order valence-corrected chi connectivity index (χ1v) is 13.9. The summed E-state index contributed by atoms with van der Waals surface area (Å²) in [5, 5.41) is 0. The van der Waals surface area contributed by atoms with Crippen LogP contribution < -0.4 is 0 Å². The van der Waals surface area contributed by atoms with Crippen LogP contribution in [0, 0.1) is 50.2 Å². The summed E-state index contributed by atoms with van der Waals surface area (Å²) in [5.41, 5.74) is 2.16. The molecule has 4 aliphatic carbocycles. The van der Waals surface area contributed by atoms with Crippen molar-refractivity contribution < 1.29 is 9.53 Å². The summed E-state index contributed by atoms with van der Waals surface area (Å²) in [4.78, 5) is 12.2. The van der Waals surface area contributed by atoms with Crippen LogP contribution in [0.4, 0.5) is 0 Å². The zero-order chi connectivity index (χ0) is 24.5. The number of ether oxygens (including phenoxy) is 1. The Labute approximate surface area is 204 Å². The number of carbonyl (C=O) groups is 1. The van der Waals surface area contributed by atoms with Crippen LogP contribution in [0.5, 0.6) is 0 Å². The maximum Gasteiger partial charge on any atom is 0.305 e. The third-order valence-electron chi connectivity index (χ3n) is 12.9. The average molecular weight is 457 g/mol. The second kappa shape index (κ2) is 7.86. The van der Waals surface area contributed by atoms with Crippen LogP contribution >= 0.6 is 0 Å². The van der Waals surface area contributed by atoms with Gasteiger partial charge in [0.1, 0.15) is 0 Å². The molecule has 0 N–H and O–H groups in total. The molecule has 4 aliphatic rings. The molecule has 2 heteroatoms. The zero-order valence-electron chi connectivity index (χ0n) is 23.1. The van der Waals surface area contributed by atoms with Crippen molar-refractivity contribution in [2.24, 2.45) is 50.2 Å². The Morgan fingerprint density at radius 3 is 2.12 bits per heavy atom. The predicted octanol–water partition coefficient (Wildman–Crippen LogP) is 8.60. The topological polar surface area (TPSA) is 26.3 Å². The van der Waals surface area contributed by atoms with Gasteiger partial charge in [-0.05, 0) is 114 Å². The minimum absolute atomic E-state index is 0.0585. The molecule has 0 aliphatic heterocycles. The molecular weight excluding hydrogens is 404 g/mol. The third kappa shape index (κ3) is 3.58. The molecule has 2 nitrogen and oxygen atoms in total. The van der Waals surface area contributed by atoms with Crippen LogP contribution in [0.15, 0.2) is 12.7 Å². The van der Waals surface area contributed by atoms with Gasteiger partial charge in [-0.25, -0.2) is 0 Å². The second-order valence-corrected chi connectivity index (χ2v) is 14.9. The first-order chi connectivity index (χ1) is 15.2. The highest BCUT2D eigenvalue weighted by atomic mass is 16.5. The molecule has 0 amide bonds. The first kappa shape index (κ1) is 25.3. The van der Waals surface area contributed by atoms with E-state index in [1.54, 1.807) is 0 Å². The van der Waals surface area contributed by atoms with E-state index in [2.05, 4.69) is 61.1 Å². The summed E-state index contributed by atoms with van der Waals surface area (Å²) < 4.78 is 5.06. The Morgan fingerprint density at radius 1 is 0.879 bits per heavy atom. The molecule has 33 heavy (non-hydrogen) atoms. The number of methoxy groups -OCH3 is 1. The Bertz CT molecular complexity index is 799. The van der Waals surface area contributed by atoms with Gasteiger partial charge in [0.05, 0.1) is 7.11 Å². The molecular formula is C31H52O2. The number of esters is 1. The first-order valence-electron chi connectivity index (χ1n) is 13.9. The summed E-state index contributed by atoms with van der Waals surface area (Å²) in [6, 6.07) is 0. The fourth-order valence-corrected chi connectivity index (χ4v) is 10.4. The molecule has 0 saturated heterocycles. The lowest BCUT2D eigenvalue weighted by molar-refractivity contribution is -0.247. The van der Waals surface area contributed by atoms with Gasteiger partial charge in [0.25, 0.3) is 0 Å². The van der Waals surface area contributed by atoms with Crippen LogP contribution in [0.25, 0.3) is 0 Å².